The Bertz CT molecular complexity index is 709. The summed E-state index contributed by atoms with van der Waals surface area (Å²) in [7, 11) is -3.46. The third-order valence-corrected chi connectivity index (χ3v) is 6.05. The molecule has 1 heterocycles. The maximum atomic E-state index is 12.5. The van der Waals surface area contributed by atoms with Crippen LogP contribution in [-0.2, 0) is 19.6 Å². The van der Waals surface area contributed by atoms with Gasteiger partial charge in [0.15, 0.2) is 0 Å². The summed E-state index contributed by atoms with van der Waals surface area (Å²) >= 11 is 0. The highest BCUT2D eigenvalue weighted by Gasteiger charge is 2.29. The van der Waals surface area contributed by atoms with Crippen molar-refractivity contribution >= 4 is 22.0 Å². The second kappa shape index (κ2) is 10.6. The Morgan fingerprint density at radius 3 is 2.56 bits per heavy atom. The predicted molar refractivity (Wildman–Crippen MR) is 107 cm³/mol. The summed E-state index contributed by atoms with van der Waals surface area (Å²) in [6.07, 6.45) is 3.68. The van der Waals surface area contributed by atoms with Crippen LogP contribution < -0.4 is 5.32 Å². The molecule has 1 aromatic carbocycles. The van der Waals surface area contributed by atoms with Gasteiger partial charge in [-0.05, 0) is 44.7 Å². The number of rotatable bonds is 9. The van der Waals surface area contributed by atoms with E-state index in [9.17, 15) is 13.2 Å². The Labute approximate surface area is 162 Å². The average molecular weight is 395 g/mol. The van der Waals surface area contributed by atoms with Gasteiger partial charge in [-0.25, -0.2) is 8.42 Å². The molecule has 0 atom stereocenters. The third kappa shape index (κ3) is 7.44. The first-order chi connectivity index (χ1) is 12.9. The van der Waals surface area contributed by atoms with Gasteiger partial charge >= 0.3 is 0 Å². The Hall–Kier alpha value is -1.70. The molecule has 0 saturated carbocycles. The van der Waals surface area contributed by atoms with Gasteiger partial charge in [0, 0.05) is 37.6 Å². The molecule has 1 aliphatic heterocycles. The van der Waals surface area contributed by atoms with Crippen molar-refractivity contribution in [3.05, 3.63) is 41.3 Å². The van der Waals surface area contributed by atoms with E-state index in [1.807, 2.05) is 44.2 Å². The first-order valence-electron chi connectivity index (χ1n) is 9.51. The largest absolute Gasteiger partial charge is 0.379 e. The highest BCUT2D eigenvalue weighted by Crippen LogP contribution is 2.21. The molecule has 0 radical (unpaired) electrons. The van der Waals surface area contributed by atoms with E-state index in [0.717, 1.165) is 12.0 Å². The maximum Gasteiger partial charge on any atom is 0.236 e. The summed E-state index contributed by atoms with van der Waals surface area (Å²) in [4.78, 5) is 12.2. The average Bonchev–Trinajstić information content (AvgIpc) is 2.67. The standard InChI is InChI=1S/C20H30N2O4S/c1-17(2)26-15-6-12-21-20(23)19-9-13-22(14-10-19)27(24,25)16-11-18-7-4-3-5-8-18/h3-5,7-8,11,16-17,19H,6,9-10,12-15H2,1-2H3,(H,21,23)/b16-11+. The number of ether oxygens (including phenoxy) is 1. The molecule has 0 unspecified atom stereocenters. The van der Waals surface area contributed by atoms with Gasteiger partial charge in [0.1, 0.15) is 0 Å². The topological polar surface area (TPSA) is 75.7 Å². The van der Waals surface area contributed by atoms with E-state index in [2.05, 4.69) is 5.32 Å². The first-order valence-corrected chi connectivity index (χ1v) is 11.0. The van der Waals surface area contributed by atoms with E-state index in [0.29, 0.717) is 39.1 Å². The van der Waals surface area contributed by atoms with Crippen LogP contribution in [0.15, 0.2) is 35.7 Å². The summed E-state index contributed by atoms with van der Waals surface area (Å²) in [5.41, 5.74) is 0.844. The van der Waals surface area contributed by atoms with Gasteiger partial charge in [-0.2, -0.15) is 4.31 Å². The van der Waals surface area contributed by atoms with Crippen molar-refractivity contribution in [1.29, 1.82) is 0 Å². The van der Waals surface area contributed by atoms with Crippen molar-refractivity contribution < 1.29 is 17.9 Å². The zero-order chi connectivity index (χ0) is 19.7. The monoisotopic (exact) mass is 394 g/mol. The van der Waals surface area contributed by atoms with E-state index >= 15 is 0 Å². The van der Waals surface area contributed by atoms with E-state index < -0.39 is 10.0 Å². The van der Waals surface area contributed by atoms with Crippen LogP contribution >= 0.6 is 0 Å². The molecular weight excluding hydrogens is 364 g/mol. The number of amides is 1. The van der Waals surface area contributed by atoms with Gasteiger partial charge in [-0.1, -0.05) is 30.3 Å². The summed E-state index contributed by atoms with van der Waals surface area (Å²) in [6.45, 7) is 5.92. The Morgan fingerprint density at radius 2 is 1.93 bits per heavy atom. The quantitative estimate of drug-likeness (QED) is 0.653. The van der Waals surface area contributed by atoms with Crippen LogP contribution in [0, 0.1) is 5.92 Å². The summed E-state index contributed by atoms with van der Waals surface area (Å²) in [5.74, 6) is -0.114. The minimum Gasteiger partial charge on any atom is -0.379 e. The lowest BCUT2D eigenvalue weighted by molar-refractivity contribution is -0.126. The summed E-state index contributed by atoms with van der Waals surface area (Å²) < 4.78 is 31.8. The van der Waals surface area contributed by atoms with Gasteiger partial charge in [-0.15, -0.1) is 0 Å². The Kier molecular flexibility index (Phi) is 8.47. The second-order valence-corrected chi connectivity index (χ2v) is 8.81. The highest BCUT2D eigenvalue weighted by atomic mass is 32.2. The minimum atomic E-state index is -3.46. The molecule has 7 heteroatoms. The third-order valence-electron chi connectivity index (χ3n) is 4.49. The molecule has 1 saturated heterocycles. The van der Waals surface area contributed by atoms with Gasteiger partial charge in [0.25, 0.3) is 0 Å². The molecule has 0 bridgehead atoms. The van der Waals surface area contributed by atoms with Gasteiger partial charge < -0.3 is 10.1 Å². The molecule has 6 nitrogen and oxygen atoms in total. The van der Waals surface area contributed by atoms with Gasteiger partial charge in [0.2, 0.25) is 15.9 Å². The van der Waals surface area contributed by atoms with Crippen molar-refractivity contribution in [2.75, 3.05) is 26.2 Å². The number of sulfonamides is 1. The smallest absolute Gasteiger partial charge is 0.236 e. The summed E-state index contributed by atoms with van der Waals surface area (Å²) in [6, 6.07) is 9.33. The van der Waals surface area contributed by atoms with Crippen LogP contribution in [0.1, 0.15) is 38.7 Å². The van der Waals surface area contributed by atoms with Crippen molar-refractivity contribution in [2.45, 2.75) is 39.2 Å². The molecule has 1 N–H and O–H groups in total. The number of carbonyl (C=O) groups excluding carboxylic acids is 1. The molecule has 1 aliphatic rings. The second-order valence-electron chi connectivity index (χ2n) is 7.00. The van der Waals surface area contributed by atoms with Crippen LogP contribution in [0.3, 0.4) is 0 Å². The number of benzene rings is 1. The lowest BCUT2D eigenvalue weighted by Crippen LogP contribution is -2.42. The molecule has 1 aromatic rings. The molecular formula is C20H30N2O4S. The van der Waals surface area contributed by atoms with Crippen LogP contribution in [0.5, 0.6) is 0 Å². The number of nitrogens with one attached hydrogen (secondary N) is 1. The van der Waals surface area contributed by atoms with Gasteiger partial charge in [-0.3, -0.25) is 4.79 Å². The van der Waals surface area contributed by atoms with E-state index in [1.165, 1.54) is 9.71 Å². The Balaban J connectivity index is 1.75. The van der Waals surface area contributed by atoms with Crippen LogP contribution in [0.25, 0.3) is 6.08 Å². The number of hydrogen-bond donors (Lipinski definition) is 1. The molecule has 1 amide bonds. The van der Waals surface area contributed by atoms with E-state index in [1.54, 1.807) is 6.08 Å². The lowest BCUT2D eigenvalue weighted by Gasteiger charge is -2.29. The zero-order valence-corrected chi connectivity index (χ0v) is 17.0. The predicted octanol–water partition coefficient (Wildman–Crippen LogP) is 2.63. The fraction of sp³-hybridized carbons (Fsp3) is 0.550. The lowest BCUT2D eigenvalue weighted by atomic mass is 9.97. The molecule has 0 spiro atoms. The van der Waals surface area contributed by atoms with Crippen molar-refractivity contribution in [1.82, 2.24) is 9.62 Å². The van der Waals surface area contributed by atoms with Crippen LogP contribution in [0.2, 0.25) is 0 Å². The zero-order valence-electron chi connectivity index (χ0n) is 16.1. The van der Waals surface area contributed by atoms with E-state index in [-0.39, 0.29) is 17.9 Å². The summed E-state index contributed by atoms with van der Waals surface area (Å²) in [5, 5.41) is 4.17. The number of carbonyl (C=O) groups is 1. The SMILES string of the molecule is CC(C)OCCCNC(=O)C1CCN(S(=O)(=O)/C=C/c2ccccc2)CC1. The molecule has 0 aliphatic carbocycles. The normalized spacial score (nSPS) is 16.9. The van der Waals surface area contributed by atoms with Crippen molar-refractivity contribution in [2.24, 2.45) is 5.92 Å². The Morgan fingerprint density at radius 1 is 1.26 bits per heavy atom. The molecule has 27 heavy (non-hydrogen) atoms. The number of piperidine rings is 1. The first kappa shape index (κ1) is 21.6. The molecule has 1 fully saturated rings. The fourth-order valence-electron chi connectivity index (χ4n) is 2.93. The van der Waals surface area contributed by atoms with Crippen LogP contribution in [-0.4, -0.2) is 51.0 Å². The van der Waals surface area contributed by atoms with Crippen molar-refractivity contribution in [3.8, 4) is 0 Å². The number of nitrogens with zero attached hydrogens (tertiary/aromatic N) is 1. The number of hydrogen-bond acceptors (Lipinski definition) is 4. The fourth-order valence-corrected chi connectivity index (χ4v) is 4.16. The van der Waals surface area contributed by atoms with Gasteiger partial charge in [0.05, 0.1) is 6.10 Å². The molecule has 150 valence electrons. The minimum absolute atomic E-state index is 0.0106. The van der Waals surface area contributed by atoms with Crippen molar-refractivity contribution in [3.63, 3.8) is 0 Å². The maximum absolute atomic E-state index is 12.5. The molecule has 2 rings (SSSR count). The van der Waals surface area contributed by atoms with Crippen LogP contribution in [0.4, 0.5) is 0 Å². The molecule has 0 aromatic heterocycles. The van der Waals surface area contributed by atoms with E-state index in [4.69, 9.17) is 4.74 Å². The highest BCUT2D eigenvalue weighted by molar-refractivity contribution is 7.92.